The van der Waals surface area contributed by atoms with Gasteiger partial charge in [-0.25, -0.2) is 0 Å². The molecule has 0 radical (unpaired) electrons. The highest BCUT2D eigenvalue weighted by Crippen LogP contribution is 2.26. The maximum atomic E-state index is 12.7. The Labute approximate surface area is 132 Å². The molecule has 3 rings (SSSR count). The van der Waals surface area contributed by atoms with Crippen LogP contribution >= 0.6 is 0 Å². The normalized spacial score (nSPS) is 16.1. The second-order valence-corrected chi connectivity index (χ2v) is 6.55. The van der Waals surface area contributed by atoms with Crippen LogP contribution in [0.3, 0.4) is 0 Å². The van der Waals surface area contributed by atoms with Crippen molar-refractivity contribution in [3.63, 3.8) is 0 Å². The number of fused-ring (bicyclic) bond motifs is 1. The lowest BCUT2D eigenvalue weighted by atomic mass is 9.95. The molecule has 1 N–H and O–H groups in total. The molecule has 1 aliphatic carbocycles. The fourth-order valence-corrected chi connectivity index (χ4v) is 3.72. The molecule has 0 aliphatic heterocycles. The number of rotatable bonds is 3. The van der Waals surface area contributed by atoms with E-state index in [2.05, 4.69) is 37.4 Å². The molecular formula is C19H26N2O. The number of nitrogens with one attached hydrogen (secondary N) is 1. The largest absolute Gasteiger partial charge is 0.348 e. The van der Waals surface area contributed by atoms with Gasteiger partial charge in [0.2, 0.25) is 0 Å². The Hall–Kier alpha value is -1.77. The van der Waals surface area contributed by atoms with Crippen LogP contribution in [0, 0.1) is 6.92 Å². The summed E-state index contributed by atoms with van der Waals surface area (Å²) in [6, 6.07) is 6.87. The summed E-state index contributed by atoms with van der Waals surface area (Å²) in [6.45, 7) is 4.23. The van der Waals surface area contributed by atoms with Crippen LogP contribution in [0.25, 0.3) is 10.9 Å². The molecule has 22 heavy (non-hydrogen) atoms. The molecule has 1 aliphatic rings. The van der Waals surface area contributed by atoms with Gasteiger partial charge in [-0.05, 0) is 49.4 Å². The zero-order valence-corrected chi connectivity index (χ0v) is 13.9. The number of carbonyl (C=O) groups excluding carboxylic acids is 1. The summed E-state index contributed by atoms with van der Waals surface area (Å²) < 4.78 is 2.04. The summed E-state index contributed by atoms with van der Waals surface area (Å²) in [6.07, 6.45) is 7.04. The summed E-state index contributed by atoms with van der Waals surface area (Å²) in [4.78, 5) is 12.7. The zero-order valence-electron chi connectivity index (χ0n) is 13.9. The predicted molar refractivity (Wildman–Crippen MR) is 91.4 cm³/mol. The molecule has 1 aromatic heterocycles. The number of carbonyl (C=O) groups is 1. The number of nitrogens with zero attached hydrogens (tertiary/aromatic N) is 1. The summed E-state index contributed by atoms with van der Waals surface area (Å²) in [5, 5.41) is 4.45. The van der Waals surface area contributed by atoms with E-state index >= 15 is 0 Å². The standard InChI is InChI=1S/C19H26N2O/c1-4-14-10-11-17-16(12-14)13(2)18(21(17)3)19(22)20-15-8-6-5-7-9-15/h10-12,15H,4-9H2,1-3H3,(H,20,22). The smallest absolute Gasteiger partial charge is 0.268 e. The molecule has 0 bridgehead atoms. The lowest BCUT2D eigenvalue weighted by Gasteiger charge is -2.23. The van der Waals surface area contributed by atoms with Gasteiger partial charge in [0, 0.05) is 24.0 Å². The second-order valence-electron chi connectivity index (χ2n) is 6.55. The van der Waals surface area contributed by atoms with Gasteiger partial charge < -0.3 is 9.88 Å². The van der Waals surface area contributed by atoms with Crippen molar-refractivity contribution in [2.75, 3.05) is 0 Å². The number of hydrogen-bond acceptors (Lipinski definition) is 1. The fourth-order valence-electron chi connectivity index (χ4n) is 3.72. The third kappa shape index (κ3) is 2.65. The average molecular weight is 298 g/mol. The van der Waals surface area contributed by atoms with Crippen LogP contribution in [0.5, 0.6) is 0 Å². The molecule has 0 unspecified atom stereocenters. The molecule has 1 heterocycles. The number of benzene rings is 1. The zero-order chi connectivity index (χ0) is 15.7. The van der Waals surface area contributed by atoms with E-state index in [1.807, 2.05) is 11.6 Å². The Morgan fingerprint density at radius 1 is 1.27 bits per heavy atom. The maximum Gasteiger partial charge on any atom is 0.268 e. The van der Waals surface area contributed by atoms with Crippen molar-refractivity contribution in [2.45, 2.75) is 58.4 Å². The quantitative estimate of drug-likeness (QED) is 0.909. The van der Waals surface area contributed by atoms with Gasteiger partial charge in [0.05, 0.1) is 0 Å². The van der Waals surface area contributed by atoms with Gasteiger partial charge >= 0.3 is 0 Å². The van der Waals surface area contributed by atoms with E-state index in [0.717, 1.165) is 36.0 Å². The van der Waals surface area contributed by atoms with E-state index in [1.54, 1.807) is 0 Å². The Kier molecular flexibility index (Phi) is 4.23. The van der Waals surface area contributed by atoms with Crippen molar-refractivity contribution < 1.29 is 4.79 Å². The van der Waals surface area contributed by atoms with E-state index in [9.17, 15) is 4.79 Å². The maximum absolute atomic E-state index is 12.7. The van der Waals surface area contributed by atoms with E-state index in [1.165, 1.54) is 30.2 Å². The van der Waals surface area contributed by atoms with Gasteiger partial charge in [-0.15, -0.1) is 0 Å². The third-order valence-electron chi connectivity index (χ3n) is 5.08. The van der Waals surface area contributed by atoms with Crippen molar-refractivity contribution in [3.05, 3.63) is 35.0 Å². The van der Waals surface area contributed by atoms with Crippen LogP contribution in [0.4, 0.5) is 0 Å². The van der Waals surface area contributed by atoms with E-state index in [-0.39, 0.29) is 5.91 Å². The fraction of sp³-hybridized carbons (Fsp3) is 0.526. The minimum absolute atomic E-state index is 0.0844. The molecule has 1 fully saturated rings. The number of hydrogen-bond donors (Lipinski definition) is 1. The predicted octanol–water partition coefficient (Wildman–Crippen LogP) is 4.11. The van der Waals surface area contributed by atoms with Gasteiger partial charge in [0.15, 0.2) is 0 Å². The summed E-state index contributed by atoms with van der Waals surface area (Å²) in [7, 11) is 2.00. The van der Waals surface area contributed by atoms with E-state index < -0.39 is 0 Å². The SMILES string of the molecule is CCc1ccc2c(c1)c(C)c(C(=O)NC1CCCCC1)n2C. The average Bonchev–Trinajstić information content (AvgIpc) is 2.79. The summed E-state index contributed by atoms with van der Waals surface area (Å²) >= 11 is 0. The highest BCUT2D eigenvalue weighted by Gasteiger charge is 2.22. The lowest BCUT2D eigenvalue weighted by molar-refractivity contribution is 0.0919. The van der Waals surface area contributed by atoms with Crippen LogP contribution in [0.1, 0.15) is 60.6 Å². The lowest BCUT2D eigenvalue weighted by Crippen LogP contribution is -2.37. The Bertz CT molecular complexity index is 693. The van der Waals surface area contributed by atoms with Crippen molar-refractivity contribution in [2.24, 2.45) is 7.05 Å². The Balaban J connectivity index is 1.93. The first-order chi connectivity index (χ1) is 10.6. The molecule has 1 amide bonds. The molecular weight excluding hydrogens is 272 g/mol. The minimum atomic E-state index is 0.0844. The molecule has 3 heteroatoms. The van der Waals surface area contributed by atoms with E-state index in [4.69, 9.17) is 0 Å². The van der Waals surface area contributed by atoms with Gasteiger partial charge in [-0.1, -0.05) is 32.3 Å². The number of aromatic nitrogens is 1. The van der Waals surface area contributed by atoms with Crippen LogP contribution in [-0.4, -0.2) is 16.5 Å². The summed E-state index contributed by atoms with van der Waals surface area (Å²) in [5.74, 6) is 0.0844. The van der Waals surface area contributed by atoms with Crippen molar-refractivity contribution in [1.29, 1.82) is 0 Å². The number of amides is 1. The highest BCUT2D eigenvalue weighted by atomic mass is 16.2. The van der Waals surface area contributed by atoms with Crippen LogP contribution in [0.15, 0.2) is 18.2 Å². The van der Waals surface area contributed by atoms with Gasteiger partial charge in [0.25, 0.3) is 5.91 Å². The van der Waals surface area contributed by atoms with Gasteiger partial charge in [0.1, 0.15) is 5.69 Å². The molecule has 1 saturated carbocycles. The molecule has 0 spiro atoms. The second kappa shape index (κ2) is 6.15. The highest BCUT2D eigenvalue weighted by molar-refractivity contribution is 6.01. The minimum Gasteiger partial charge on any atom is -0.348 e. The monoisotopic (exact) mass is 298 g/mol. The van der Waals surface area contributed by atoms with E-state index in [0.29, 0.717) is 6.04 Å². The first-order valence-electron chi connectivity index (χ1n) is 8.50. The first kappa shape index (κ1) is 15.1. The first-order valence-corrected chi connectivity index (χ1v) is 8.50. The molecule has 0 atom stereocenters. The third-order valence-corrected chi connectivity index (χ3v) is 5.08. The Morgan fingerprint density at radius 2 is 2.00 bits per heavy atom. The Morgan fingerprint density at radius 3 is 2.68 bits per heavy atom. The molecule has 0 saturated heterocycles. The van der Waals surface area contributed by atoms with Crippen molar-refractivity contribution in [3.8, 4) is 0 Å². The molecule has 118 valence electrons. The molecule has 2 aromatic rings. The van der Waals surface area contributed by atoms with Gasteiger partial charge in [-0.3, -0.25) is 4.79 Å². The van der Waals surface area contributed by atoms with Crippen LogP contribution < -0.4 is 5.32 Å². The van der Waals surface area contributed by atoms with Crippen molar-refractivity contribution >= 4 is 16.8 Å². The topological polar surface area (TPSA) is 34.0 Å². The van der Waals surface area contributed by atoms with Gasteiger partial charge in [-0.2, -0.15) is 0 Å². The van der Waals surface area contributed by atoms with Crippen LogP contribution in [-0.2, 0) is 13.5 Å². The van der Waals surface area contributed by atoms with Crippen LogP contribution in [0.2, 0.25) is 0 Å². The summed E-state index contributed by atoms with van der Waals surface area (Å²) in [5.41, 5.74) is 4.37. The molecule has 3 nitrogen and oxygen atoms in total. The van der Waals surface area contributed by atoms with Crippen molar-refractivity contribution in [1.82, 2.24) is 9.88 Å². The molecule has 1 aromatic carbocycles. The number of aryl methyl sites for hydroxylation is 3.